The van der Waals surface area contributed by atoms with Gasteiger partial charge < -0.3 is 9.47 Å². The van der Waals surface area contributed by atoms with Gasteiger partial charge in [0.25, 0.3) is 0 Å². The van der Waals surface area contributed by atoms with Crippen LogP contribution in [0.25, 0.3) is 0 Å². The predicted molar refractivity (Wildman–Crippen MR) is 138 cm³/mol. The summed E-state index contributed by atoms with van der Waals surface area (Å²) in [5.74, 6) is 2.01. The Bertz CT molecular complexity index is 1100. The van der Waals surface area contributed by atoms with E-state index in [0.29, 0.717) is 32.7 Å². The molecular formula is C25H23Cl2IO4. The van der Waals surface area contributed by atoms with E-state index in [0.717, 1.165) is 20.4 Å². The third kappa shape index (κ3) is 6.95. The molecule has 0 aromatic heterocycles. The molecule has 0 saturated heterocycles. The summed E-state index contributed by atoms with van der Waals surface area (Å²) >= 11 is 14.2. The lowest BCUT2D eigenvalue weighted by molar-refractivity contribution is 0.100. The van der Waals surface area contributed by atoms with Crippen LogP contribution in [0.15, 0.2) is 48.5 Å². The van der Waals surface area contributed by atoms with Crippen LogP contribution >= 0.6 is 45.8 Å². The van der Waals surface area contributed by atoms with Crippen LogP contribution in [0.5, 0.6) is 17.2 Å². The maximum atomic E-state index is 11.5. The molecule has 0 aliphatic rings. The van der Waals surface area contributed by atoms with Crippen molar-refractivity contribution in [1.29, 1.82) is 0 Å². The number of hydrogen-bond acceptors (Lipinski definition) is 4. The van der Waals surface area contributed by atoms with Gasteiger partial charge in [-0.15, -0.1) is 0 Å². The van der Waals surface area contributed by atoms with Crippen LogP contribution in [0.1, 0.15) is 45.7 Å². The van der Waals surface area contributed by atoms with Gasteiger partial charge in [-0.05, 0) is 104 Å². The monoisotopic (exact) mass is 584 g/mol. The number of halogens is 3. The second-order valence-electron chi connectivity index (χ2n) is 7.07. The van der Waals surface area contributed by atoms with Crippen molar-refractivity contribution in [2.45, 2.75) is 27.7 Å². The Morgan fingerprint density at radius 2 is 1.22 bits per heavy atom. The van der Waals surface area contributed by atoms with Gasteiger partial charge in [0.05, 0.1) is 17.2 Å². The summed E-state index contributed by atoms with van der Waals surface area (Å²) in [5, 5.41) is 0.952. The van der Waals surface area contributed by atoms with E-state index in [9.17, 15) is 9.59 Å². The van der Waals surface area contributed by atoms with Crippen molar-refractivity contribution in [2.24, 2.45) is 0 Å². The summed E-state index contributed by atoms with van der Waals surface area (Å²) in [5.41, 5.74) is 2.92. The number of aryl methyl sites for hydroxylation is 2. The number of carbonyl (C=O) groups is 2. The smallest absolute Gasteiger partial charge is 0.161 e. The summed E-state index contributed by atoms with van der Waals surface area (Å²) < 4.78 is 11.9. The van der Waals surface area contributed by atoms with E-state index >= 15 is 0 Å². The Hall–Kier alpha value is -2.09. The fourth-order valence-corrected chi connectivity index (χ4v) is 4.90. The van der Waals surface area contributed by atoms with Crippen LogP contribution in [0.3, 0.4) is 0 Å². The van der Waals surface area contributed by atoms with Crippen molar-refractivity contribution in [1.82, 2.24) is 0 Å². The molecule has 0 radical (unpaired) electrons. The molecule has 3 aromatic carbocycles. The topological polar surface area (TPSA) is 52.6 Å². The fraction of sp³-hybridized carbons (Fsp3) is 0.200. The fourth-order valence-electron chi connectivity index (χ4n) is 3.15. The van der Waals surface area contributed by atoms with Crippen LogP contribution in [0.4, 0.5) is 0 Å². The highest BCUT2D eigenvalue weighted by molar-refractivity contribution is 14.1. The molecule has 0 bridgehead atoms. The van der Waals surface area contributed by atoms with Crippen molar-refractivity contribution in [3.63, 3.8) is 0 Å². The summed E-state index contributed by atoms with van der Waals surface area (Å²) in [7, 11) is 1.61. The molecule has 0 unspecified atom stereocenters. The summed E-state index contributed by atoms with van der Waals surface area (Å²) in [4.78, 5) is 22.6. The number of methoxy groups -OCH3 is 1. The first-order chi connectivity index (χ1) is 15.0. The van der Waals surface area contributed by atoms with Crippen LogP contribution < -0.4 is 9.47 Å². The molecule has 0 aliphatic heterocycles. The van der Waals surface area contributed by atoms with Crippen molar-refractivity contribution in [3.05, 3.63) is 84.4 Å². The highest BCUT2D eigenvalue weighted by Crippen LogP contribution is 2.30. The van der Waals surface area contributed by atoms with E-state index < -0.39 is 0 Å². The number of ether oxygens (including phenoxy) is 2. The van der Waals surface area contributed by atoms with Gasteiger partial charge in [-0.1, -0.05) is 23.2 Å². The van der Waals surface area contributed by atoms with Gasteiger partial charge in [0.2, 0.25) is 0 Å². The van der Waals surface area contributed by atoms with Crippen molar-refractivity contribution >= 4 is 57.4 Å². The molecule has 3 rings (SSSR count). The van der Waals surface area contributed by atoms with Gasteiger partial charge in [0, 0.05) is 20.8 Å². The SMILES string of the molecule is CC(=O)c1c(C)cc(I)cc1Cl.COc1ccc(Oc2cc(C)c(C(C)=O)c(Cl)c2)cc1. The van der Waals surface area contributed by atoms with Crippen LogP contribution in [-0.4, -0.2) is 18.7 Å². The highest BCUT2D eigenvalue weighted by atomic mass is 127. The van der Waals surface area contributed by atoms with Gasteiger partial charge in [0.1, 0.15) is 17.2 Å². The maximum absolute atomic E-state index is 11.5. The van der Waals surface area contributed by atoms with Gasteiger partial charge in [0.15, 0.2) is 11.6 Å². The Morgan fingerprint density at radius 3 is 1.66 bits per heavy atom. The molecule has 0 atom stereocenters. The lowest BCUT2D eigenvalue weighted by Gasteiger charge is -2.10. The Labute approximate surface area is 212 Å². The van der Waals surface area contributed by atoms with Gasteiger partial charge in [-0.2, -0.15) is 0 Å². The van der Waals surface area contributed by atoms with Gasteiger partial charge in [-0.3, -0.25) is 9.59 Å². The number of hydrogen-bond donors (Lipinski definition) is 0. The molecule has 0 N–H and O–H groups in total. The Morgan fingerprint density at radius 1 is 0.750 bits per heavy atom. The zero-order valence-electron chi connectivity index (χ0n) is 18.4. The first-order valence-electron chi connectivity index (χ1n) is 9.63. The molecule has 7 heteroatoms. The molecular weight excluding hydrogens is 562 g/mol. The molecule has 3 aromatic rings. The van der Waals surface area contributed by atoms with E-state index in [1.54, 1.807) is 37.4 Å². The zero-order chi connectivity index (χ0) is 24.0. The zero-order valence-corrected chi connectivity index (χ0v) is 22.1. The second-order valence-corrected chi connectivity index (χ2v) is 9.13. The minimum absolute atomic E-state index is 0.0221. The summed E-state index contributed by atoms with van der Waals surface area (Å²) in [6, 6.07) is 14.4. The van der Waals surface area contributed by atoms with Crippen LogP contribution in [0, 0.1) is 17.4 Å². The molecule has 0 heterocycles. The number of carbonyl (C=O) groups excluding carboxylic acids is 2. The minimum Gasteiger partial charge on any atom is -0.497 e. The van der Waals surface area contributed by atoms with Gasteiger partial charge >= 0.3 is 0 Å². The number of Topliss-reactive ketones (excluding diaryl/α,β-unsaturated/α-hetero) is 2. The lowest BCUT2D eigenvalue weighted by atomic mass is 10.1. The molecule has 168 valence electrons. The quantitative estimate of drug-likeness (QED) is 0.224. The molecule has 32 heavy (non-hydrogen) atoms. The van der Waals surface area contributed by atoms with Crippen LogP contribution in [0.2, 0.25) is 10.0 Å². The average molecular weight is 585 g/mol. The first-order valence-corrected chi connectivity index (χ1v) is 11.5. The normalized spacial score (nSPS) is 10.1. The molecule has 0 saturated carbocycles. The molecule has 0 spiro atoms. The Kier molecular flexibility index (Phi) is 9.55. The molecule has 0 amide bonds. The molecule has 4 nitrogen and oxygen atoms in total. The van der Waals surface area contributed by atoms with Crippen molar-refractivity contribution in [3.8, 4) is 17.2 Å². The van der Waals surface area contributed by atoms with Crippen molar-refractivity contribution < 1.29 is 19.1 Å². The van der Waals surface area contributed by atoms with Crippen LogP contribution in [-0.2, 0) is 0 Å². The number of ketones is 2. The number of rotatable bonds is 5. The third-order valence-electron chi connectivity index (χ3n) is 4.51. The minimum atomic E-state index is -0.0523. The average Bonchev–Trinajstić information content (AvgIpc) is 2.67. The Balaban J connectivity index is 0.000000258. The standard InChI is InChI=1S/C16H15ClO3.C9H8ClIO/c1-10-8-14(9-15(17)16(10)11(2)18)20-13-6-4-12(19-3)5-7-13;1-5-3-7(11)4-8(10)9(5)6(2)12/h4-9H,1-3H3;3-4H,1-2H3. The van der Waals surface area contributed by atoms with Gasteiger partial charge in [-0.25, -0.2) is 0 Å². The maximum Gasteiger partial charge on any atom is 0.161 e. The third-order valence-corrected chi connectivity index (χ3v) is 5.73. The van der Waals surface area contributed by atoms with E-state index in [1.165, 1.54) is 13.8 Å². The van der Waals surface area contributed by atoms with E-state index in [2.05, 4.69) is 22.6 Å². The second kappa shape index (κ2) is 11.7. The lowest BCUT2D eigenvalue weighted by Crippen LogP contribution is -1.98. The van der Waals surface area contributed by atoms with E-state index in [1.807, 2.05) is 32.0 Å². The summed E-state index contributed by atoms with van der Waals surface area (Å²) in [6.45, 7) is 6.76. The van der Waals surface area contributed by atoms with Crippen molar-refractivity contribution in [2.75, 3.05) is 7.11 Å². The van der Waals surface area contributed by atoms with E-state index in [4.69, 9.17) is 32.7 Å². The van der Waals surface area contributed by atoms with E-state index in [-0.39, 0.29) is 11.6 Å². The highest BCUT2D eigenvalue weighted by Gasteiger charge is 2.12. The largest absolute Gasteiger partial charge is 0.497 e. The number of benzene rings is 3. The predicted octanol–water partition coefficient (Wildman–Crippen LogP) is 8.11. The molecule has 0 aliphatic carbocycles. The first kappa shape index (κ1) is 26.2. The summed E-state index contributed by atoms with van der Waals surface area (Å²) in [6.07, 6.45) is 0. The molecule has 0 fully saturated rings.